The van der Waals surface area contributed by atoms with Gasteiger partial charge in [0.1, 0.15) is 5.69 Å². The maximum atomic E-state index is 6.08. The average Bonchev–Trinajstić information content (AvgIpc) is 3.08. The van der Waals surface area contributed by atoms with Crippen LogP contribution >= 0.6 is 0 Å². The number of aromatic nitrogens is 6. The molecule has 10 heteroatoms. The van der Waals surface area contributed by atoms with E-state index >= 15 is 0 Å². The Morgan fingerprint density at radius 1 is 0.963 bits per heavy atom. The lowest BCUT2D eigenvalue weighted by molar-refractivity contribution is 0.355. The minimum Gasteiger partial charge on any atom is -0.493 e. The molecule has 0 unspecified atom stereocenters. The predicted molar refractivity (Wildman–Crippen MR) is 99.6 cm³/mol. The molecule has 10 nitrogen and oxygen atoms in total. The summed E-state index contributed by atoms with van der Waals surface area (Å²) in [4.78, 5) is 17.1. The summed E-state index contributed by atoms with van der Waals surface area (Å²) < 4.78 is 12.1. The molecule has 4 N–H and O–H groups in total. The van der Waals surface area contributed by atoms with Gasteiger partial charge >= 0.3 is 0 Å². The fourth-order valence-corrected chi connectivity index (χ4v) is 2.70. The van der Waals surface area contributed by atoms with Crippen molar-refractivity contribution in [2.24, 2.45) is 0 Å². The molecule has 3 aromatic heterocycles. The first-order valence-electron chi connectivity index (χ1n) is 7.94. The number of fused-ring (bicyclic) bond motifs is 1. The zero-order valence-electron chi connectivity index (χ0n) is 14.6. The number of pyridine rings is 1. The zero-order chi connectivity index (χ0) is 19.0. The van der Waals surface area contributed by atoms with Gasteiger partial charge in [0.15, 0.2) is 17.3 Å². The molecule has 0 fully saturated rings. The van der Waals surface area contributed by atoms with E-state index in [2.05, 4.69) is 25.0 Å². The quantitative estimate of drug-likeness (QED) is 0.550. The first-order chi connectivity index (χ1) is 13.1. The number of nitrogens with two attached hydrogens (primary N) is 2. The smallest absolute Gasteiger partial charge is 0.225 e. The topological polar surface area (TPSA) is 140 Å². The van der Waals surface area contributed by atoms with E-state index in [-0.39, 0.29) is 11.9 Å². The molecule has 1 aromatic carbocycles. The molecule has 136 valence electrons. The second kappa shape index (κ2) is 6.41. The number of hydrogen-bond donors (Lipinski definition) is 2. The van der Waals surface area contributed by atoms with Gasteiger partial charge in [0.2, 0.25) is 17.7 Å². The van der Waals surface area contributed by atoms with Gasteiger partial charge in [-0.2, -0.15) is 14.6 Å². The molecule has 0 radical (unpaired) electrons. The van der Waals surface area contributed by atoms with Gasteiger partial charge in [-0.1, -0.05) is 6.07 Å². The Morgan fingerprint density at radius 2 is 1.74 bits per heavy atom. The number of benzene rings is 1. The molecule has 0 saturated heterocycles. The number of methoxy groups -OCH3 is 2. The van der Waals surface area contributed by atoms with Crippen LogP contribution in [0.3, 0.4) is 0 Å². The lowest BCUT2D eigenvalue weighted by Gasteiger charge is -2.11. The van der Waals surface area contributed by atoms with Crippen molar-refractivity contribution in [3.05, 3.63) is 36.5 Å². The summed E-state index contributed by atoms with van der Waals surface area (Å²) in [6, 6.07) is 8.89. The highest BCUT2D eigenvalue weighted by Gasteiger charge is 2.18. The standard InChI is InChI=1S/C17H16N8O2/c1-26-12-7-9-11(8-13(12)27-2)21-16(18)23-15(9)25-17(19)22-14(24-25)10-5-3-4-6-20-10/h3-8H,1-2H3,(H2,18,21,23)(H2,19,22,24). The van der Waals surface area contributed by atoms with Gasteiger partial charge < -0.3 is 20.9 Å². The largest absolute Gasteiger partial charge is 0.493 e. The number of hydrogen-bond acceptors (Lipinski definition) is 9. The fraction of sp³-hybridized carbons (Fsp3) is 0.118. The zero-order valence-corrected chi connectivity index (χ0v) is 14.6. The Kier molecular flexibility index (Phi) is 3.92. The van der Waals surface area contributed by atoms with Gasteiger partial charge in [0.05, 0.1) is 19.7 Å². The molecule has 0 spiro atoms. The van der Waals surface area contributed by atoms with Crippen LogP contribution in [0.5, 0.6) is 11.5 Å². The van der Waals surface area contributed by atoms with Crippen LogP contribution in [-0.4, -0.2) is 43.9 Å². The molecule has 0 bridgehead atoms. The highest BCUT2D eigenvalue weighted by atomic mass is 16.5. The Bertz CT molecular complexity index is 1130. The summed E-state index contributed by atoms with van der Waals surface area (Å²) in [6.45, 7) is 0. The highest BCUT2D eigenvalue weighted by molar-refractivity contribution is 5.89. The number of nitrogen functional groups attached to an aromatic ring is 2. The van der Waals surface area contributed by atoms with E-state index < -0.39 is 0 Å². The summed E-state index contributed by atoms with van der Waals surface area (Å²) >= 11 is 0. The van der Waals surface area contributed by atoms with Crippen LogP contribution in [0.1, 0.15) is 0 Å². The minimum atomic E-state index is 0.0685. The molecule has 0 aliphatic carbocycles. The number of rotatable bonds is 4. The van der Waals surface area contributed by atoms with E-state index in [1.807, 2.05) is 12.1 Å². The number of anilines is 2. The lowest BCUT2D eigenvalue weighted by Crippen LogP contribution is -2.08. The van der Waals surface area contributed by atoms with Crippen molar-refractivity contribution >= 4 is 22.8 Å². The predicted octanol–water partition coefficient (Wildman–Crippen LogP) is 1.45. The molecule has 0 aliphatic rings. The van der Waals surface area contributed by atoms with Crippen LogP contribution in [0.25, 0.3) is 28.2 Å². The second-order valence-corrected chi connectivity index (χ2v) is 5.55. The van der Waals surface area contributed by atoms with Gasteiger partial charge in [-0.25, -0.2) is 4.98 Å². The average molecular weight is 364 g/mol. The molecule has 0 aliphatic heterocycles. The van der Waals surface area contributed by atoms with Crippen molar-refractivity contribution in [1.29, 1.82) is 0 Å². The van der Waals surface area contributed by atoms with Crippen molar-refractivity contribution < 1.29 is 9.47 Å². The SMILES string of the molecule is COc1cc2nc(N)nc(-n3nc(-c4ccccn4)nc3N)c2cc1OC. The van der Waals surface area contributed by atoms with Crippen LogP contribution in [0.4, 0.5) is 11.9 Å². The lowest BCUT2D eigenvalue weighted by atomic mass is 10.2. The summed E-state index contributed by atoms with van der Waals surface area (Å²) in [7, 11) is 3.09. The summed E-state index contributed by atoms with van der Waals surface area (Å²) in [6.07, 6.45) is 1.65. The van der Waals surface area contributed by atoms with Gasteiger partial charge in [-0.15, -0.1) is 5.10 Å². The van der Waals surface area contributed by atoms with Crippen molar-refractivity contribution in [3.63, 3.8) is 0 Å². The molecule has 0 atom stereocenters. The van der Waals surface area contributed by atoms with Crippen LogP contribution in [-0.2, 0) is 0 Å². The maximum absolute atomic E-state index is 6.08. The molecular formula is C17H16N8O2. The van der Waals surface area contributed by atoms with E-state index in [1.54, 1.807) is 38.6 Å². The first-order valence-corrected chi connectivity index (χ1v) is 7.94. The monoisotopic (exact) mass is 364 g/mol. The molecule has 27 heavy (non-hydrogen) atoms. The highest BCUT2D eigenvalue weighted by Crippen LogP contribution is 2.34. The second-order valence-electron chi connectivity index (χ2n) is 5.55. The van der Waals surface area contributed by atoms with Crippen LogP contribution in [0.2, 0.25) is 0 Å². The van der Waals surface area contributed by atoms with Gasteiger partial charge in [-0.05, 0) is 18.2 Å². The van der Waals surface area contributed by atoms with E-state index in [4.69, 9.17) is 20.9 Å². The van der Waals surface area contributed by atoms with Crippen LogP contribution in [0, 0.1) is 0 Å². The number of nitrogens with zero attached hydrogens (tertiary/aromatic N) is 6. The number of ether oxygens (including phenoxy) is 2. The Hall–Kier alpha value is -3.95. The van der Waals surface area contributed by atoms with Crippen LogP contribution in [0.15, 0.2) is 36.5 Å². The van der Waals surface area contributed by atoms with Gasteiger partial charge in [0, 0.05) is 17.6 Å². The van der Waals surface area contributed by atoms with E-state index in [9.17, 15) is 0 Å². The van der Waals surface area contributed by atoms with E-state index in [0.717, 1.165) is 0 Å². The van der Waals surface area contributed by atoms with Crippen molar-refractivity contribution in [3.8, 4) is 28.8 Å². The minimum absolute atomic E-state index is 0.0685. The Balaban J connectivity index is 1.95. The maximum Gasteiger partial charge on any atom is 0.225 e. The fourth-order valence-electron chi connectivity index (χ4n) is 2.70. The van der Waals surface area contributed by atoms with Crippen LogP contribution < -0.4 is 20.9 Å². The molecule has 3 heterocycles. The Morgan fingerprint density at radius 3 is 2.44 bits per heavy atom. The molecule has 4 aromatic rings. The molecule has 4 rings (SSSR count). The molecular weight excluding hydrogens is 348 g/mol. The van der Waals surface area contributed by atoms with Crippen molar-refractivity contribution in [1.82, 2.24) is 29.7 Å². The molecule has 0 amide bonds. The summed E-state index contributed by atoms with van der Waals surface area (Å²) in [5.74, 6) is 2.01. The Labute approximate surface area is 153 Å². The summed E-state index contributed by atoms with van der Waals surface area (Å²) in [5.41, 5.74) is 13.1. The first kappa shape index (κ1) is 16.5. The van der Waals surface area contributed by atoms with Crippen molar-refractivity contribution in [2.45, 2.75) is 0 Å². The third-order valence-electron chi connectivity index (χ3n) is 3.93. The van der Waals surface area contributed by atoms with Gasteiger partial charge in [-0.3, -0.25) is 4.98 Å². The van der Waals surface area contributed by atoms with Crippen molar-refractivity contribution in [2.75, 3.05) is 25.7 Å². The summed E-state index contributed by atoms with van der Waals surface area (Å²) in [5, 5.41) is 5.07. The van der Waals surface area contributed by atoms with E-state index in [1.165, 1.54) is 4.68 Å². The third-order valence-corrected chi connectivity index (χ3v) is 3.93. The molecule has 0 saturated carbocycles. The van der Waals surface area contributed by atoms with Gasteiger partial charge in [0.25, 0.3) is 0 Å². The third kappa shape index (κ3) is 2.82. The van der Waals surface area contributed by atoms with E-state index in [0.29, 0.717) is 39.7 Å². The normalized spacial score (nSPS) is 10.9.